The SMILES string of the molecule is c1ccc(-c2cccc(-c3nc(-c4ccccc4)nc(-c4nc(-c5ccccc5)nc(-c5ccccc5)n4)n3)c2)cc1. The van der Waals surface area contributed by atoms with Gasteiger partial charge in [0.05, 0.1) is 0 Å². The minimum Gasteiger partial charge on any atom is -0.208 e. The molecule has 6 nitrogen and oxygen atoms in total. The van der Waals surface area contributed by atoms with Crippen LogP contribution in [0.15, 0.2) is 146 Å². The van der Waals surface area contributed by atoms with Crippen LogP contribution in [-0.4, -0.2) is 29.9 Å². The maximum absolute atomic E-state index is 4.93. The molecule has 0 radical (unpaired) electrons. The molecule has 0 saturated heterocycles. The van der Waals surface area contributed by atoms with Crippen molar-refractivity contribution in [2.75, 3.05) is 0 Å². The first-order valence-electron chi connectivity index (χ1n) is 13.6. The van der Waals surface area contributed by atoms with Gasteiger partial charge in [-0.1, -0.05) is 140 Å². The van der Waals surface area contributed by atoms with Gasteiger partial charge in [0.2, 0.25) is 11.6 Å². The Morgan fingerprint density at radius 2 is 0.500 bits per heavy atom. The molecule has 198 valence electrons. The molecule has 0 fully saturated rings. The largest absolute Gasteiger partial charge is 0.208 e. The number of hydrogen-bond donors (Lipinski definition) is 0. The molecule has 6 heteroatoms. The fraction of sp³-hybridized carbons (Fsp3) is 0. The third kappa shape index (κ3) is 5.29. The summed E-state index contributed by atoms with van der Waals surface area (Å²) < 4.78 is 0. The van der Waals surface area contributed by atoms with Crippen LogP contribution in [0.25, 0.3) is 68.3 Å². The molecule has 0 atom stereocenters. The minimum atomic E-state index is 0.376. The summed E-state index contributed by atoms with van der Waals surface area (Å²) in [5.41, 5.74) is 5.71. The standard InChI is InChI=1S/C36H24N6/c1-5-14-25(15-6-1)29-22-13-23-30(24-29)34-38-33(28-20-11-4-12-21-28)41-36(42-34)35-39-31(26-16-7-2-8-17-26)37-32(40-35)27-18-9-3-10-19-27/h1-24H. The molecule has 2 aromatic heterocycles. The van der Waals surface area contributed by atoms with Crippen molar-refractivity contribution >= 4 is 0 Å². The first kappa shape index (κ1) is 25.1. The maximum atomic E-state index is 4.93. The lowest BCUT2D eigenvalue weighted by molar-refractivity contribution is 1.00. The molecule has 42 heavy (non-hydrogen) atoms. The van der Waals surface area contributed by atoms with Crippen molar-refractivity contribution in [2.45, 2.75) is 0 Å². The van der Waals surface area contributed by atoms with Crippen molar-refractivity contribution in [3.8, 4) is 68.3 Å². The summed E-state index contributed by atoms with van der Waals surface area (Å²) in [6.07, 6.45) is 0. The summed E-state index contributed by atoms with van der Waals surface area (Å²) in [4.78, 5) is 29.2. The van der Waals surface area contributed by atoms with Crippen molar-refractivity contribution in [2.24, 2.45) is 0 Å². The van der Waals surface area contributed by atoms with Crippen LogP contribution in [0.1, 0.15) is 0 Å². The van der Waals surface area contributed by atoms with Crippen LogP contribution in [0.5, 0.6) is 0 Å². The third-order valence-electron chi connectivity index (χ3n) is 6.79. The summed E-state index contributed by atoms with van der Waals surface area (Å²) in [5.74, 6) is 2.94. The van der Waals surface area contributed by atoms with Crippen LogP contribution >= 0.6 is 0 Å². The molecule has 7 aromatic rings. The molecule has 7 rings (SSSR count). The molecule has 0 aliphatic rings. The van der Waals surface area contributed by atoms with E-state index in [9.17, 15) is 0 Å². The minimum absolute atomic E-state index is 0.376. The average Bonchev–Trinajstić information content (AvgIpc) is 3.09. The first-order chi connectivity index (χ1) is 20.8. The summed E-state index contributed by atoms with van der Waals surface area (Å²) in [6.45, 7) is 0. The van der Waals surface area contributed by atoms with Gasteiger partial charge in [0.15, 0.2) is 23.3 Å². The van der Waals surface area contributed by atoms with E-state index in [1.165, 1.54) is 0 Å². The van der Waals surface area contributed by atoms with Gasteiger partial charge >= 0.3 is 0 Å². The Morgan fingerprint density at radius 1 is 0.214 bits per heavy atom. The molecule has 0 amide bonds. The zero-order valence-corrected chi connectivity index (χ0v) is 22.5. The zero-order chi connectivity index (χ0) is 28.1. The van der Waals surface area contributed by atoms with E-state index in [0.717, 1.165) is 33.4 Å². The Labute approximate surface area is 243 Å². The Balaban J connectivity index is 1.43. The highest BCUT2D eigenvalue weighted by molar-refractivity contribution is 5.72. The van der Waals surface area contributed by atoms with Gasteiger partial charge in [0, 0.05) is 22.3 Å². The predicted molar refractivity (Wildman–Crippen MR) is 166 cm³/mol. The summed E-state index contributed by atoms with van der Waals surface area (Å²) in [6, 6.07) is 48.1. The molecule has 0 bridgehead atoms. The van der Waals surface area contributed by atoms with Gasteiger partial charge in [0.25, 0.3) is 0 Å². The molecular weight excluding hydrogens is 516 g/mol. The maximum Gasteiger partial charge on any atom is 0.202 e. The average molecular weight is 541 g/mol. The highest BCUT2D eigenvalue weighted by atomic mass is 15.1. The molecule has 0 aliphatic carbocycles. The smallest absolute Gasteiger partial charge is 0.202 e. The van der Waals surface area contributed by atoms with Gasteiger partial charge in [-0.25, -0.2) is 29.9 Å². The van der Waals surface area contributed by atoms with E-state index in [0.29, 0.717) is 34.9 Å². The van der Waals surface area contributed by atoms with Gasteiger partial charge in [-0.15, -0.1) is 0 Å². The molecular formula is C36H24N6. The van der Waals surface area contributed by atoms with E-state index in [1.54, 1.807) is 0 Å². The number of aromatic nitrogens is 6. The topological polar surface area (TPSA) is 77.3 Å². The van der Waals surface area contributed by atoms with Gasteiger partial charge in [-0.2, -0.15) is 0 Å². The van der Waals surface area contributed by atoms with Crippen LogP contribution in [-0.2, 0) is 0 Å². The van der Waals surface area contributed by atoms with E-state index in [4.69, 9.17) is 29.9 Å². The van der Waals surface area contributed by atoms with Crippen LogP contribution in [0.2, 0.25) is 0 Å². The van der Waals surface area contributed by atoms with Crippen molar-refractivity contribution in [3.63, 3.8) is 0 Å². The van der Waals surface area contributed by atoms with Crippen molar-refractivity contribution < 1.29 is 0 Å². The zero-order valence-electron chi connectivity index (χ0n) is 22.5. The van der Waals surface area contributed by atoms with Crippen LogP contribution in [0, 0.1) is 0 Å². The van der Waals surface area contributed by atoms with Crippen LogP contribution in [0.3, 0.4) is 0 Å². The second kappa shape index (κ2) is 11.3. The highest BCUT2D eigenvalue weighted by Gasteiger charge is 2.18. The monoisotopic (exact) mass is 540 g/mol. The molecule has 0 spiro atoms. The Kier molecular flexibility index (Phi) is 6.76. The number of benzene rings is 5. The fourth-order valence-electron chi connectivity index (χ4n) is 4.70. The number of nitrogens with zero attached hydrogens (tertiary/aromatic N) is 6. The molecule has 2 heterocycles. The second-order valence-electron chi connectivity index (χ2n) is 9.66. The van der Waals surface area contributed by atoms with E-state index in [2.05, 4.69) is 24.3 Å². The molecule has 5 aromatic carbocycles. The highest BCUT2D eigenvalue weighted by Crippen LogP contribution is 2.29. The predicted octanol–water partition coefficient (Wildman–Crippen LogP) is 8.06. The lowest BCUT2D eigenvalue weighted by atomic mass is 10.0. The van der Waals surface area contributed by atoms with E-state index >= 15 is 0 Å². The first-order valence-corrected chi connectivity index (χ1v) is 13.6. The van der Waals surface area contributed by atoms with Crippen molar-refractivity contribution in [3.05, 3.63) is 146 Å². The fourth-order valence-corrected chi connectivity index (χ4v) is 4.70. The lowest BCUT2D eigenvalue weighted by Crippen LogP contribution is -2.05. The molecule has 0 aliphatic heterocycles. The second-order valence-corrected chi connectivity index (χ2v) is 9.66. The normalized spacial score (nSPS) is 10.9. The van der Waals surface area contributed by atoms with Gasteiger partial charge < -0.3 is 0 Å². The van der Waals surface area contributed by atoms with Crippen molar-refractivity contribution in [1.29, 1.82) is 0 Å². The Bertz CT molecular complexity index is 1900. The summed E-state index contributed by atoms with van der Waals surface area (Å²) >= 11 is 0. The summed E-state index contributed by atoms with van der Waals surface area (Å²) in [7, 11) is 0. The third-order valence-corrected chi connectivity index (χ3v) is 6.79. The lowest BCUT2D eigenvalue weighted by Gasteiger charge is -2.11. The molecule has 0 saturated carbocycles. The molecule has 0 N–H and O–H groups in total. The van der Waals surface area contributed by atoms with Gasteiger partial charge in [0.1, 0.15) is 0 Å². The van der Waals surface area contributed by atoms with E-state index in [1.807, 2.05) is 121 Å². The van der Waals surface area contributed by atoms with E-state index in [-0.39, 0.29) is 0 Å². The van der Waals surface area contributed by atoms with Gasteiger partial charge in [-0.3, -0.25) is 0 Å². The Hall–Kier alpha value is -5.88. The molecule has 0 unspecified atom stereocenters. The van der Waals surface area contributed by atoms with E-state index < -0.39 is 0 Å². The van der Waals surface area contributed by atoms with Gasteiger partial charge in [-0.05, 0) is 17.2 Å². The number of hydrogen-bond acceptors (Lipinski definition) is 6. The van der Waals surface area contributed by atoms with Crippen molar-refractivity contribution in [1.82, 2.24) is 29.9 Å². The Morgan fingerprint density at radius 3 is 0.905 bits per heavy atom. The summed E-state index contributed by atoms with van der Waals surface area (Å²) in [5, 5.41) is 0. The quantitative estimate of drug-likeness (QED) is 0.212. The number of rotatable bonds is 6. The van der Waals surface area contributed by atoms with Crippen LogP contribution in [0.4, 0.5) is 0 Å². The van der Waals surface area contributed by atoms with Crippen LogP contribution < -0.4 is 0 Å².